The number of anilines is 1. The van der Waals surface area contributed by atoms with Gasteiger partial charge >= 0.3 is 0 Å². The maximum Gasteiger partial charge on any atom is 0.241 e. The standard InChI is InChI=1S/C14H20N2O.ClH/c1-10-6-5-7-11(2)13(10)16-14(17)12-8-3-4-9-15-12;/h5-7,12,15H,3-4,8-9H2,1-2H3,(H,16,17);1H/t12-;/m1./s1. The van der Waals surface area contributed by atoms with E-state index in [0.717, 1.165) is 36.2 Å². The van der Waals surface area contributed by atoms with Crippen LogP contribution in [0.4, 0.5) is 5.69 Å². The minimum Gasteiger partial charge on any atom is -0.324 e. The zero-order valence-electron chi connectivity index (χ0n) is 11.0. The lowest BCUT2D eigenvalue weighted by atomic mass is 10.0. The van der Waals surface area contributed by atoms with Crippen molar-refractivity contribution in [2.45, 2.75) is 39.2 Å². The highest BCUT2D eigenvalue weighted by Crippen LogP contribution is 2.20. The molecule has 2 N–H and O–H groups in total. The number of halogens is 1. The molecule has 1 heterocycles. The number of amides is 1. The van der Waals surface area contributed by atoms with Crippen molar-refractivity contribution in [1.82, 2.24) is 5.32 Å². The van der Waals surface area contributed by atoms with Gasteiger partial charge in [0.15, 0.2) is 0 Å². The van der Waals surface area contributed by atoms with Gasteiger partial charge in [-0.1, -0.05) is 24.6 Å². The van der Waals surface area contributed by atoms with E-state index in [0.29, 0.717) is 0 Å². The minimum atomic E-state index is -0.0252. The van der Waals surface area contributed by atoms with Crippen molar-refractivity contribution in [3.63, 3.8) is 0 Å². The quantitative estimate of drug-likeness (QED) is 0.866. The number of nitrogens with one attached hydrogen (secondary N) is 2. The van der Waals surface area contributed by atoms with Crippen LogP contribution in [0.2, 0.25) is 0 Å². The van der Waals surface area contributed by atoms with Crippen molar-refractivity contribution in [3.05, 3.63) is 29.3 Å². The Bertz CT molecular complexity index is 394. The second kappa shape index (κ2) is 6.76. The summed E-state index contributed by atoms with van der Waals surface area (Å²) < 4.78 is 0. The predicted octanol–water partition coefficient (Wildman–Crippen LogP) is 2.81. The highest BCUT2D eigenvalue weighted by atomic mass is 35.5. The number of carbonyl (C=O) groups excluding carboxylic acids is 1. The second-order valence-corrected chi connectivity index (χ2v) is 4.76. The van der Waals surface area contributed by atoms with E-state index in [1.165, 1.54) is 6.42 Å². The minimum absolute atomic E-state index is 0. The number of carbonyl (C=O) groups is 1. The van der Waals surface area contributed by atoms with Gasteiger partial charge in [-0.15, -0.1) is 12.4 Å². The highest BCUT2D eigenvalue weighted by molar-refractivity contribution is 5.96. The maximum absolute atomic E-state index is 12.1. The zero-order valence-corrected chi connectivity index (χ0v) is 11.8. The fraction of sp³-hybridized carbons (Fsp3) is 0.500. The van der Waals surface area contributed by atoms with Crippen molar-refractivity contribution in [3.8, 4) is 0 Å². The average molecular weight is 269 g/mol. The van der Waals surface area contributed by atoms with Crippen molar-refractivity contribution < 1.29 is 4.79 Å². The normalized spacial score (nSPS) is 18.9. The first kappa shape index (κ1) is 15.0. The third-order valence-corrected chi connectivity index (χ3v) is 3.36. The van der Waals surface area contributed by atoms with E-state index in [1.54, 1.807) is 0 Å². The van der Waals surface area contributed by atoms with Gasteiger partial charge in [0.05, 0.1) is 6.04 Å². The molecule has 2 rings (SSSR count). The fourth-order valence-electron chi connectivity index (χ4n) is 2.30. The smallest absolute Gasteiger partial charge is 0.241 e. The van der Waals surface area contributed by atoms with E-state index in [-0.39, 0.29) is 24.4 Å². The van der Waals surface area contributed by atoms with E-state index in [2.05, 4.69) is 10.6 Å². The number of rotatable bonds is 2. The summed E-state index contributed by atoms with van der Waals surface area (Å²) in [6.07, 6.45) is 3.25. The molecule has 1 amide bonds. The summed E-state index contributed by atoms with van der Waals surface area (Å²) in [4.78, 5) is 12.1. The number of aryl methyl sites for hydroxylation is 2. The van der Waals surface area contributed by atoms with E-state index in [9.17, 15) is 4.79 Å². The van der Waals surface area contributed by atoms with E-state index < -0.39 is 0 Å². The molecule has 4 heteroatoms. The third kappa shape index (κ3) is 3.47. The van der Waals surface area contributed by atoms with E-state index in [1.807, 2.05) is 32.0 Å². The van der Waals surface area contributed by atoms with Gasteiger partial charge in [-0.3, -0.25) is 4.79 Å². The summed E-state index contributed by atoms with van der Waals surface area (Å²) in [7, 11) is 0. The molecule has 1 aromatic rings. The van der Waals surface area contributed by atoms with Gasteiger partial charge in [-0.25, -0.2) is 0 Å². The van der Waals surface area contributed by atoms with Crippen LogP contribution in [0.5, 0.6) is 0 Å². The molecule has 1 saturated heterocycles. The van der Waals surface area contributed by atoms with Crippen LogP contribution in [0.1, 0.15) is 30.4 Å². The monoisotopic (exact) mass is 268 g/mol. The molecule has 3 nitrogen and oxygen atoms in total. The number of piperidine rings is 1. The van der Waals surface area contributed by atoms with Crippen LogP contribution in [0.15, 0.2) is 18.2 Å². The first-order valence-electron chi connectivity index (χ1n) is 6.29. The topological polar surface area (TPSA) is 41.1 Å². The number of benzene rings is 1. The van der Waals surface area contributed by atoms with Crippen LogP contribution in [-0.4, -0.2) is 18.5 Å². The Hall–Kier alpha value is -1.06. The average Bonchev–Trinajstić information content (AvgIpc) is 2.35. The zero-order chi connectivity index (χ0) is 12.3. The van der Waals surface area contributed by atoms with E-state index in [4.69, 9.17) is 0 Å². The number of para-hydroxylation sites is 1. The van der Waals surface area contributed by atoms with Gasteiger partial charge in [0.25, 0.3) is 0 Å². The largest absolute Gasteiger partial charge is 0.324 e. The summed E-state index contributed by atoms with van der Waals surface area (Å²) in [6, 6.07) is 6.04. The highest BCUT2D eigenvalue weighted by Gasteiger charge is 2.21. The molecule has 18 heavy (non-hydrogen) atoms. The van der Waals surface area contributed by atoms with Gasteiger partial charge in [0.1, 0.15) is 0 Å². The molecule has 0 spiro atoms. The van der Waals surface area contributed by atoms with E-state index >= 15 is 0 Å². The first-order valence-corrected chi connectivity index (χ1v) is 6.29. The van der Waals surface area contributed by atoms with Crippen molar-refractivity contribution in [2.24, 2.45) is 0 Å². The fourth-order valence-corrected chi connectivity index (χ4v) is 2.30. The third-order valence-electron chi connectivity index (χ3n) is 3.36. The molecule has 1 atom stereocenters. The molecule has 0 aromatic heterocycles. The van der Waals surface area contributed by atoms with Gasteiger partial charge in [-0.2, -0.15) is 0 Å². The summed E-state index contributed by atoms with van der Waals surface area (Å²) in [5, 5.41) is 6.31. The van der Waals surface area contributed by atoms with Crippen LogP contribution in [0.25, 0.3) is 0 Å². The lowest BCUT2D eigenvalue weighted by molar-refractivity contribution is -0.118. The Kier molecular flexibility index (Phi) is 5.63. The summed E-state index contributed by atoms with van der Waals surface area (Å²) in [5.74, 6) is 0.0992. The Morgan fingerprint density at radius 3 is 2.50 bits per heavy atom. The maximum atomic E-state index is 12.1. The lowest BCUT2D eigenvalue weighted by Crippen LogP contribution is -2.43. The van der Waals surface area contributed by atoms with Crippen LogP contribution < -0.4 is 10.6 Å². The van der Waals surface area contributed by atoms with Crippen LogP contribution in [0.3, 0.4) is 0 Å². The summed E-state index contributed by atoms with van der Waals surface area (Å²) in [5.41, 5.74) is 3.20. The van der Waals surface area contributed by atoms with Crippen LogP contribution in [0, 0.1) is 13.8 Å². The molecule has 0 radical (unpaired) electrons. The summed E-state index contributed by atoms with van der Waals surface area (Å²) in [6.45, 7) is 5.00. The number of hydrogen-bond donors (Lipinski definition) is 2. The Morgan fingerprint density at radius 2 is 1.94 bits per heavy atom. The number of hydrogen-bond acceptors (Lipinski definition) is 2. The Morgan fingerprint density at radius 1 is 1.28 bits per heavy atom. The molecule has 1 aromatic carbocycles. The molecule has 0 bridgehead atoms. The van der Waals surface area contributed by atoms with Gasteiger partial charge in [-0.05, 0) is 44.4 Å². The molecular weight excluding hydrogens is 248 g/mol. The Balaban J connectivity index is 0.00000162. The molecular formula is C14H21ClN2O. The molecule has 1 aliphatic rings. The molecule has 0 aliphatic carbocycles. The molecule has 100 valence electrons. The molecule has 0 unspecified atom stereocenters. The lowest BCUT2D eigenvalue weighted by Gasteiger charge is -2.23. The van der Waals surface area contributed by atoms with Crippen molar-refractivity contribution >= 4 is 24.0 Å². The van der Waals surface area contributed by atoms with Gasteiger partial charge in [0.2, 0.25) is 5.91 Å². The Labute approximate surface area is 115 Å². The van der Waals surface area contributed by atoms with Crippen LogP contribution in [-0.2, 0) is 4.79 Å². The second-order valence-electron chi connectivity index (χ2n) is 4.76. The molecule has 0 saturated carbocycles. The van der Waals surface area contributed by atoms with Crippen molar-refractivity contribution in [2.75, 3.05) is 11.9 Å². The molecule has 1 fully saturated rings. The van der Waals surface area contributed by atoms with Crippen LogP contribution >= 0.6 is 12.4 Å². The predicted molar refractivity (Wildman–Crippen MR) is 77.4 cm³/mol. The molecule has 1 aliphatic heterocycles. The van der Waals surface area contributed by atoms with Crippen molar-refractivity contribution in [1.29, 1.82) is 0 Å². The van der Waals surface area contributed by atoms with Gasteiger partial charge < -0.3 is 10.6 Å². The SMILES string of the molecule is Cc1cccc(C)c1NC(=O)[C@H]1CCCCN1.Cl. The van der Waals surface area contributed by atoms with Gasteiger partial charge in [0, 0.05) is 5.69 Å². The summed E-state index contributed by atoms with van der Waals surface area (Å²) >= 11 is 0. The first-order chi connectivity index (χ1) is 8.18.